The molecular formula is C17H18N4O3S. The standard InChI is InChI=1S/C17H18N4O3S/c1-21-12-14(11-19-21)17-8-3-13(9-18-17)10-20-25(22,23)16-6-4-15(24-2)5-7-16/h3-9,11-12,20H,10H2,1-2H3. The van der Waals surface area contributed by atoms with E-state index in [1.54, 1.807) is 29.2 Å². The van der Waals surface area contributed by atoms with Crippen molar-refractivity contribution in [3.05, 3.63) is 60.6 Å². The molecule has 7 nitrogen and oxygen atoms in total. The maximum Gasteiger partial charge on any atom is 0.240 e. The minimum atomic E-state index is -3.59. The van der Waals surface area contributed by atoms with Crippen LogP contribution in [0.15, 0.2) is 59.9 Å². The topological polar surface area (TPSA) is 86.1 Å². The summed E-state index contributed by atoms with van der Waals surface area (Å²) in [6, 6.07) is 9.91. The fraction of sp³-hybridized carbons (Fsp3) is 0.176. The average molecular weight is 358 g/mol. The van der Waals surface area contributed by atoms with Gasteiger partial charge in [0.05, 0.1) is 23.9 Å². The summed E-state index contributed by atoms with van der Waals surface area (Å²) < 4.78 is 33.9. The number of pyridine rings is 1. The van der Waals surface area contributed by atoms with Crippen molar-refractivity contribution < 1.29 is 13.2 Å². The molecule has 0 aliphatic carbocycles. The maximum absolute atomic E-state index is 12.3. The van der Waals surface area contributed by atoms with E-state index >= 15 is 0 Å². The minimum absolute atomic E-state index is 0.161. The van der Waals surface area contributed by atoms with E-state index in [0.717, 1.165) is 16.8 Å². The summed E-state index contributed by atoms with van der Waals surface area (Å²) in [5.74, 6) is 0.606. The third-order valence-electron chi connectivity index (χ3n) is 3.66. The molecule has 0 spiro atoms. The summed E-state index contributed by atoms with van der Waals surface area (Å²) in [5, 5.41) is 4.11. The number of sulfonamides is 1. The van der Waals surface area contributed by atoms with Crippen molar-refractivity contribution in [1.82, 2.24) is 19.5 Å². The Bertz CT molecular complexity index is 948. The summed E-state index contributed by atoms with van der Waals surface area (Å²) in [4.78, 5) is 4.54. The predicted octanol–water partition coefficient (Wildman–Crippen LogP) is 1.97. The summed E-state index contributed by atoms with van der Waals surface area (Å²) >= 11 is 0. The van der Waals surface area contributed by atoms with Crippen LogP contribution in [0.4, 0.5) is 0 Å². The smallest absolute Gasteiger partial charge is 0.240 e. The van der Waals surface area contributed by atoms with E-state index in [1.807, 2.05) is 25.4 Å². The van der Waals surface area contributed by atoms with E-state index in [2.05, 4.69) is 14.8 Å². The molecule has 1 N–H and O–H groups in total. The van der Waals surface area contributed by atoms with Gasteiger partial charge in [0.1, 0.15) is 5.75 Å². The van der Waals surface area contributed by atoms with Crippen LogP contribution < -0.4 is 9.46 Å². The first-order valence-electron chi connectivity index (χ1n) is 7.55. The van der Waals surface area contributed by atoms with Gasteiger partial charge in [-0.1, -0.05) is 6.07 Å². The zero-order valence-electron chi connectivity index (χ0n) is 13.9. The van der Waals surface area contributed by atoms with Crippen molar-refractivity contribution in [3.63, 3.8) is 0 Å². The minimum Gasteiger partial charge on any atom is -0.497 e. The zero-order chi connectivity index (χ0) is 17.9. The number of hydrogen-bond acceptors (Lipinski definition) is 5. The van der Waals surface area contributed by atoms with Crippen LogP contribution in [-0.4, -0.2) is 30.3 Å². The lowest BCUT2D eigenvalue weighted by Crippen LogP contribution is -2.23. The molecule has 130 valence electrons. The van der Waals surface area contributed by atoms with Gasteiger partial charge in [-0.2, -0.15) is 5.10 Å². The van der Waals surface area contributed by atoms with Crippen LogP contribution in [0.2, 0.25) is 0 Å². The number of aryl methyl sites for hydroxylation is 1. The molecule has 0 bridgehead atoms. The van der Waals surface area contributed by atoms with Crippen molar-refractivity contribution in [1.29, 1.82) is 0 Å². The zero-order valence-corrected chi connectivity index (χ0v) is 14.7. The monoisotopic (exact) mass is 358 g/mol. The van der Waals surface area contributed by atoms with Crippen LogP contribution in [0.1, 0.15) is 5.56 Å². The number of aromatic nitrogens is 3. The van der Waals surface area contributed by atoms with Crippen LogP contribution in [0, 0.1) is 0 Å². The number of nitrogens with zero attached hydrogens (tertiary/aromatic N) is 3. The van der Waals surface area contributed by atoms with Crippen LogP contribution in [0.3, 0.4) is 0 Å². The molecule has 0 aliphatic heterocycles. The molecule has 0 atom stereocenters. The van der Waals surface area contributed by atoms with E-state index in [1.165, 1.54) is 19.2 Å². The molecule has 3 rings (SSSR count). The van der Waals surface area contributed by atoms with E-state index in [4.69, 9.17) is 4.74 Å². The highest BCUT2D eigenvalue weighted by atomic mass is 32.2. The molecular weight excluding hydrogens is 340 g/mol. The molecule has 0 saturated heterocycles. The Hall–Kier alpha value is -2.71. The van der Waals surface area contributed by atoms with E-state index < -0.39 is 10.0 Å². The van der Waals surface area contributed by atoms with Gasteiger partial charge < -0.3 is 4.74 Å². The molecule has 0 aliphatic rings. The van der Waals surface area contributed by atoms with Gasteiger partial charge in [0.15, 0.2) is 0 Å². The van der Waals surface area contributed by atoms with Gasteiger partial charge in [0.25, 0.3) is 0 Å². The highest BCUT2D eigenvalue weighted by Crippen LogP contribution is 2.17. The van der Waals surface area contributed by atoms with E-state index in [0.29, 0.717) is 5.75 Å². The normalized spacial score (nSPS) is 11.4. The Morgan fingerprint density at radius 3 is 2.44 bits per heavy atom. The highest BCUT2D eigenvalue weighted by Gasteiger charge is 2.13. The molecule has 0 amide bonds. The predicted molar refractivity (Wildman–Crippen MR) is 93.5 cm³/mol. The van der Waals surface area contributed by atoms with Crippen LogP contribution in [-0.2, 0) is 23.6 Å². The first-order chi connectivity index (χ1) is 12.0. The molecule has 1 aromatic carbocycles. The molecule has 3 aromatic rings. The number of rotatable bonds is 6. The SMILES string of the molecule is COc1ccc(S(=O)(=O)NCc2ccc(-c3cnn(C)c3)nc2)cc1. The van der Waals surface area contributed by atoms with Gasteiger partial charge in [0, 0.05) is 31.5 Å². The highest BCUT2D eigenvalue weighted by molar-refractivity contribution is 7.89. The summed E-state index contributed by atoms with van der Waals surface area (Å²) in [7, 11) is -0.218. The number of hydrogen-bond donors (Lipinski definition) is 1. The van der Waals surface area contributed by atoms with Crippen molar-refractivity contribution in [2.24, 2.45) is 7.05 Å². The Labute approximate surface area is 146 Å². The number of nitrogens with one attached hydrogen (secondary N) is 1. The first-order valence-corrected chi connectivity index (χ1v) is 9.04. The van der Waals surface area contributed by atoms with Crippen LogP contribution in [0.25, 0.3) is 11.3 Å². The molecule has 0 radical (unpaired) electrons. The lowest BCUT2D eigenvalue weighted by atomic mass is 10.2. The number of ether oxygens (including phenoxy) is 1. The lowest BCUT2D eigenvalue weighted by Gasteiger charge is -2.08. The van der Waals surface area contributed by atoms with Crippen molar-refractivity contribution in [2.75, 3.05) is 7.11 Å². The lowest BCUT2D eigenvalue weighted by molar-refractivity contribution is 0.414. The van der Waals surface area contributed by atoms with Crippen molar-refractivity contribution in [2.45, 2.75) is 11.4 Å². The van der Waals surface area contributed by atoms with Crippen molar-refractivity contribution >= 4 is 10.0 Å². The average Bonchev–Trinajstić information content (AvgIpc) is 3.07. The van der Waals surface area contributed by atoms with E-state index in [9.17, 15) is 8.42 Å². The summed E-state index contributed by atoms with van der Waals surface area (Å²) in [5.41, 5.74) is 2.47. The molecule has 0 saturated carbocycles. The summed E-state index contributed by atoms with van der Waals surface area (Å²) in [6.07, 6.45) is 5.25. The maximum atomic E-state index is 12.3. The van der Waals surface area contributed by atoms with Gasteiger partial charge in [-0.3, -0.25) is 9.67 Å². The fourth-order valence-electron chi connectivity index (χ4n) is 2.27. The molecule has 0 unspecified atom stereocenters. The summed E-state index contributed by atoms with van der Waals surface area (Å²) in [6.45, 7) is 0.161. The number of benzene rings is 1. The first kappa shape index (κ1) is 17.1. The second-order valence-corrected chi connectivity index (χ2v) is 7.22. The number of methoxy groups -OCH3 is 1. The fourth-order valence-corrected chi connectivity index (χ4v) is 3.29. The van der Waals surface area contributed by atoms with Crippen LogP contribution >= 0.6 is 0 Å². The Balaban J connectivity index is 1.67. The van der Waals surface area contributed by atoms with Gasteiger partial charge in [-0.05, 0) is 35.9 Å². The van der Waals surface area contributed by atoms with Gasteiger partial charge in [-0.15, -0.1) is 0 Å². The van der Waals surface area contributed by atoms with E-state index in [-0.39, 0.29) is 11.4 Å². The third-order valence-corrected chi connectivity index (χ3v) is 5.08. The largest absolute Gasteiger partial charge is 0.497 e. The molecule has 0 fully saturated rings. The molecule has 8 heteroatoms. The quantitative estimate of drug-likeness (QED) is 0.728. The Morgan fingerprint density at radius 2 is 1.88 bits per heavy atom. The third kappa shape index (κ3) is 4.04. The Kier molecular flexibility index (Phi) is 4.82. The molecule has 25 heavy (non-hydrogen) atoms. The second kappa shape index (κ2) is 7.04. The Morgan fingerprint density at radius 1 is 1.12 bits per heavy atom. The molecule has 2 heterocycles. The van der Waals surface area contributed by atoms with Crippen LogP contribution in [0.5, 0.6) is 5.75 Å². The van der Waals surface area contributed by atoms with Gasteiger partial charge in [0.2, 0.25) is 10.0 Å². The van der Waals surface area contributed by atoms with Gasteiger partial charge >= 0.3 is 0 Å². The second-order valence-electron chi connectivity index (χ2n) is 5.45. The van der Waals surface area contributed by atoms with Crippen molar-refractivity contribution in [3.8, 4) is 17.0 Å². The van der Waals surface area contributed by atoms with Gasteiger partial charge in [-0.25, -0.2) is 13.1 Å². The molecule has 2 aromatic heterocycles.